The third-order valence-electron chi connectivity index (χ3n) is 4.61. The fourth-order valence-corrected chi connectivity index (χ4v) is 3.21. The number of benzene rings is 2. The van der Waals surface area contributed by atoms with Crippen molar-refractivity contribution in [3.8, 4) is 11.5 Å². The number of hydrogen-bond donors (Lipinski definition) is 1. The Morgan fingerprint density at radius 2 is 1.76 bits per heavy atom. The SMILES string of the molecule is CCCOc1ccc(N2C[C@@H](C(=O)Nc3ccc(OC(C)C)cc3)CC2=O)cc1. The Bertz CT molecular complexity index is 831. The molecule has 154 valence electrons. The molecule has 0 aliphatic carbocycles. The van der Waals surface area contributed by atoms with Gasteiger partial charge in [0, 0.05) is 24.3 Å². The minimum atomic E-state index is -0.384. The van der Waals surface area contributed by atoms with Gasteiger partial charge in [-0.3, -0.25) is 9.59 Å². The monoisotopic (exact) mass is 396 g/mol. The summed E-state index contributed by atoms with van der Waals surface area (Å²) in [7, 11) is 0. The summed E-state index contributed by atoms with van der Waals surface area (Å²) in [5.41, 5.74) is 1.47. The van der Waals surface area contributed by atoms with E-state index in [4.69, 9.17) is 9.47 Å². The van der Waals surface area contributed by atoms with Gasteiger partial charge in [0.05, 0.1) is 18.6 Å². The Kier molecular flexibility index (Phi) is 6.75. The zero-order chi connectivity index (χ0) is 20.8. The van der Waals surface area contributed by atoms with Crippen molar-refractivity contribution in [1.29, 1.82) is 0 Å². The van der Waals surface area contributed by atoms with Gasteiger partial charge in [-0.1, -0.05) is 6.92 Å². The second kappa shape index (κ2) is 9.45. The number of ether oxygens (including phenoxy) is 2. The molecule has 2 aromatic carbocycles. The van der Waals surface area contributed by atoms with Crippen LogP contribution in [0, 0.1) is 5.92 Å². The van der Waals surface area contributed by atoms with Gasteiger partial charge in [-0.05, 0) is 68.8 Å². The van der Waals surface area contributed by atoms with Gasteiger partial charge >= 0.3 is 0 Å². The molecule has 0 radical (unpaired) electrons. The number of anilines is 2. The summed E-state index contributed by atoms with van der Waals surface area (Å²) in [4.78, 5) is 26.7. The molecule has 0 spiro atoms. The molecule has 0 unspecified atom stereocenters. The number of nitrogens with one attached hydrogen (secondary N) is 1. The van der Waals surface area contributed by atoms with Crippen LogP contribution in [0.5, 0.6) is 11.5 Å². The lowest BCUT2D eigenvalue weighted by Gasteiger charge is -2.17. The summed E-state index contributed by atoms with van der Waals surface area (Å²) in [6.45, 7) is 7.01. The van der Waals surface area contributed by atoms with Crippen molar-refractivity contribution in [2.75, 3.05) is 23.4 Å². The smallest absolute Gasteiger partial charge is 0.229 e. The topological polar surface area (TPSA) is 67.9 Å². The summed E-state index contributed by atoms with van der Waals surface area (Å²) in [5.74, 6) is 0.951. The molecule has 1 fully saturated rings. The molecule has 1 aliphatic rings. The van der Waals surface area contributed by atoms with Crippen LogP contribution >= 0.6 is 0 Å². The molecule has 0 bridgehead atoms. The van der Waals surface area contributed by atoms with Crippen molar-refractivity contribution in [3.05, 3.63) is 48.5 Å². The normalized spacial score (nSPS) is 16.2. The molecule has 0 saturated carbocycles. The third-order valence-corrected chi connectivity index (χ3v) is 4.61. The van der Waals surface area contributed by atoms with E-state index in [2.05, 4.69) is 12.2 Å². The van der Waals surface area contributed by atoms with Gasteiger partial charge in [0.25, 0.3) is 0 Å². The Balaban J connectivity index is 1.58. The largest absolute Gasteiger partial charge is 0.494 e. The summed E-state index contributed by atoms with van der Waals surface area (Å²) >= 11 is 0. The maximum Gasteiger partial charge on any atom is 0.229 e. The van der Waals surface area contributed by atoms with E-state index in [1.54, 1.807) is 17.0 Å². The summed E-state index contributed by atoms with van der Waals surface area (Å²) < 4.78 is 11.2. The highest BCUT2D eigenvalue weighted by atomic mass is 16.5. The second-order valence-electron chi connectivity index (χ2n) is 7.43. The maximum absolute atomic E-state index is 12.6. The number of amides is 2. The van der Waals surface area contributed by atoms with E-state index in [1.165, 1.54) is 0 Å². The van der Waals surface area contributed by atoms with E-state index in [0.29, 0.717) is 18.8 Å². The second-order valence-corrected chi connectivity index (χ2v) is 7.43. The first kappa shape index (κ1) is 20.7. The lowest BCUT2D eigenvalue weighted by atomic mass is 10.1. The molecule has 2 amide bonds. The zero-order valence-corrected chi connectivity index (χ0v) is 17.2. The zero-order valence-electron chi connectivity index (χ0n) is 17.2. The van der Waals surface area contributed by atoms with Gasteiger partial charge in [-0.2, -0.15) is 0 Å². The van der Waals surface area contributed by atoms with Gasteiger partial charge in [0.1, 0.15) is 11.5 Å². The first-order chi connectivity index (χ1) is 14.0. The Morgan fingerprint density at radius 1 is 1.10 bits per heavy atom. The Labute approximate surface area is 171 Å². The van der Waals surface area contributed by atoms with Crippen LogP contribution in [-0.2, 0) is 9.59 Å². The van der Waals surface area contributed by atoms with Gasteiger partial charge in [0.15, 0.2) is 0 Å². The van der Waals surface area contributed by atoms with E-state index >= 15 is 0 Å². The van der Waals surface area contributed by atoms with Crippen LogP contribution in [0.15, 0.2) is 48.5 Å². The first-order valence-electron chi connectivity index (χ1n) is 10.1. The summed E-state index contributed by atoms with van der Waals surface area (Å²) in [5, 5.41) is 2.90. The minimum absolute atomic E-state index is 0.0481. The molecule has 1 aliphatic heterocycles. The van der Waals surface area contributed by atoms with Crippen LogP contribution < -0.4 is 19.7 Å². The standard InChI is InChI=1S/C23H28N2O4/c1-4-13-28-20-11-7-19(8-12-20)25-15-17(14-22(25)26)23(27)24-18-5-9-21(10-6-18)29-16(2)3/h5-12,16-17H,4,13-15H2,1-3H3,(H,24,27)/t17-/m0/s1. The average molecular weight is 396 g/mol. The van der Waals surface area contributed by atoms with Gasteiger partial charge < -0.3 is 19.7 Å². The van der Waals surface area contributed by atoms with E-state index in [9.17, 15) is 9.59 Å². The molecular weight excluding hydrogens is 368 g/mol. The molecule has 6 heteroatoms. The van der Waals surface area contributed by atoms with Crippen molar-refractivity contribution in [2.45, 2.75) is 39.7 Å². The average Bonchev–Trinajstić information content (AvgIpc) is 3.10. The van der Waals surface area contributed by atoms with Crippen LogP contribution in [0.2, 0.25) is 0 Å². The predicted molar refractivity (Wildman–Crippen MR) is 114 cm³/mol. The van der Waals surface area contributed by atoms with E-state index in [1.807, 2.05) is 50.2 Å². The highest BCUT2D eigenvalue weighted by molar-refractivity contribution is 6.03. The number of carbonyl (C=O) groups excluding carboxylic acids is 2. The Hall–Kier alpha value is -3.02. The van der Waals surface area contributed by atoms with Crippen molar-refractivity contribution in [1.82, 2.24) is 0 Å². The van der Waals surface area contributed by atoms with E-state index < -0.39 is 0 Å². The molecule has 29 heavy (non-hydrogen) atoms. The van der Waals surface area contributed by atoms with Crippen LogP contribution in [-0.4, -0.2) is 31.1 Å². The molecule has 1 saturated heterocycles. The molecule has 1 atom stereocenters. The van der Waals surface area contributed by atoms with Gasteiger partial charge in [-0.15, -0.1) is 0 Å². The van der Waals surface area contributed by atoms with Gasteiger partial charge in [0.2, 0.25) is 11.8 Å². The molecular formula is C23H28N2O4. The molecule has 6 nitrogen and oxygen atoms in total. The number of rotatable bonds is 8. The van der Waals surface area contributed by atoms with E-state index in [-0.39, 0.29) is 30.3 Å². The predicted octanol–water partition coefficient (Wildman–Crippen LogP) is 4.25. The van der Waals surface area contributed by atoms with Crippen molar-refractivity contribution < 1.29 is 19.1 Å². The molecule has 1 N–H and O–H groups in total. The van der Waals surface area contributed by atoms with Crippen LogP contribution in [0.25, 0.3) is 0 Å². The van der Waals surface area contributed by atoms with Gasteiger partial charge in [-0.25, -0.2) is 0 Å². The van der Waals surface area contributed by atoms with Crippen molar-refractivity contribution in [3.63, 3.8) is 0 Å². The van der Waals surface area contributed by atoms with Crippen molar-refractivity contribution >= 4 is 23.2 Å². The number of nitrogens with zero attached hydrogens (tertiary/aromatic N) is 1. The number of carbonyl (C=O) groups is 2. The van der Waals surface area contributed by atoms with Crippen LogP contribution in [0.3, 0.4) is 0 Å². The maximum atomic E-state index is 12.6. The third kappa shape index (κ3) is 5.50. The summed E-state index contributed by atoms with van der Waals surface area (Å²) in [6.07, 6.45) is 1.24. The quantitative estimate of drug-likeness (QED) is 0.724. The molecule has 1 heterocycles. The fraction of sp³-hybridized carbons (Fsp3) is 0.391. The lowest BCUT2D eigenvalue weighted by molar-refractivity contribution is -0.122. The fourth-order valence-electron chi connectivity index (χ4n) is 3.21. The highest BCUT2D eigenvalue weighted by Gasteiger charge is 2.35. The first-order valence-corrected chi connectivity index (χ1v) is 10.1. The van der Waals surface area contributed by atoms with Crippen molar-refractivity contribution in [2.24, 2.45) is 5.92 Å². The molecule has 3 rings (SSSR count). The Morgan fingerprint density at radius 3 is 2.38 bits per heavy atom. The van der Waals surface area contributed by atoms with Crippen LogP contribution in [0.4, 0.5) is 11.4 Å². The van der Waals surface area contributed by atoms with E-state index in [0.717, 1.165) is 23.6 Å². The highest BCUT2D eigenvalue weighted by Crippen LogP contribution is 2.28. The number of hydrogen-bond acceptors (Lipinski definition) is 4. The lowest BCUT2D eigenvalue weighted by Crippen LogP contribution is -2.28. The molecule has 2 aromatic rings. The summed E-state index contributed by atoms with van der Waals surface area (Å²) in [6, 6.07) is 14.7. The minimum Gasteiger partial charge on any atom is -0.494 e. The van der Waals surface area contributed by atoms with Crippen LogP contribution in [0.1, 0.15) is 33.6 Å². The molecule has 0 aromatic heterocycles.